The lowest BCUT2D eigenvalue weighted by molar-refractivity contribution is -0.121. The van der Waals surface area contributed by atoms with Gasteiger partial charge >= 0.3 is 0 Å². The van der Waals surface area contributed by atoms with Crippen molar-refractivity contribution in [3.63, 3.8) is 0 Å². The summed E-state index contributed by atoms with van der Waals surface area (Å²) in [4.78, 5) is 37.7. The van der Waals surface area contributed by atoms with Crippen molar-refractivity contribution in [3.05, 3.63) is 65.2 Å². The molecule has 0 bridgehead atoms. The third kappa shape index (κ3) is 4.03. The lowest BCUT2D eigenvalue weighted by Gasteiger charge is -2.13. The number of hydrogen-bond acceptors (Lipinski definition) is 5. The Hall–Kier alpha value is -3.48. The SMILES string of the molecule is C/C(=N/NC(=O)CCCN1C(=O)c2ccccc2C1=O)c1cccc(N)c1. The van der Waals surface area contributed by atoms with Crippen LogP contribution in [0.1, 0.15) is 46.0 Å². The van der Waals surface area contributed by atoms with E-state index in [0.717, 1.165) is 5.56 Å². The highest BCUT2D eigenvalue weighted by Gasteiger charge is 2.34. The Morgan fingerprint density at radius 3 is 2.37 bits per heavy atom. The first-order valence-corrected chi connectivity index (χ1v) is 8.61. The smallest absolute Gasteiger partial charge is 0.261 e. The van der Waals surface area contributed by atoms with Crippen molar-refractivity contribution in [3.8, 4) is 0 Å². The second-order valence-corrected chi connectivity index (χ2v) is 6.27. The van der Waals surface area contributed by atoms with Gasteiger partial charge in [0.15, 0.2) is 0 Å². The van der Waals surface area contributed by atoms with Crippen LogP contribution in [0.4, 0.5) is 5.69 Å². The summed E-state index contributed by atoms with van der Waals surface area (Å²) >= 11 is 0. The van der Waals surface area contributed by atoms with E-state index in [1.165, 1.54) is 4.90 Å². The van der Waals surface area contributed by atoms with E-state index in [9.17, 15) is 14.4 Å². The minimum Gasteiger partial charge on any atom is -0.399 e. The van der Waals surface area contributed by atoms with Crippen molar-refractivity contribution in [1.29, 1.82) is 0 Å². The van der Waals surface area contributed by atoms with Crippen LogP contribution in [0.25, 0.3) is 0 Å². The van der Waals surface area contributed by atoms with Gasteiger partial charge in [-0.1, -0.05) is 24.3 Å². The van der Waals surface area contributed by atoms with Crippen LogP contribution in [0.3, 0.4) is 0 Å². The standard InChI is InChI=1S/C20H20N4O3/c1-13(14-6-4-7-15(21)12-14)22-23-18(25)10-5-11-24-19(26)16-8-2-3-9-17(16)20(24)27/h2-4,6-9,12H,5,10-11,21H2,1H3,(H,23,25)/b22-13-. The molecule has 3 N–H and O–H groups in total. The van der Waals surface area contributed by atoms with Crippen molar-refractivity contribution < 1.29 is 14.4 Å². The highest BCUT2D eigenvalue weighted by atomic mass is 16.2. The number of hydrogen-bond donors (Lipinski definition) is 2. The average Bonchev–Trinajstić information content (AvgIpc) is 2.91. The number of hydrazone groups is 1. The minimum atomic E-state index is -0.313. The van der Waals surface area contributed by atoms with Crippen molar-refractivity contribution >= 4 is 29.1 Å². The summed E-state index contributed by atoms with van der Waals surface area (Å²) < 4.78 is 0. The predicted octanol–water partition coefficient (Wildman–Crippen LogP) is 2.19. The molecule has 1 aliphatic rings. The molecule has 0 spiro atoms. The van der Waals surface area contributed by atoms with Gasteiger partial charge in [-0.15, -0.1) is 0 Å². The molecule has 2 aromatic rings. The lowest BCUT2D eigenvalue weighted by atomic mass is 10.1. The van der Waals surface area contributed by atoms with E-state index in [2.05, 4.69) is 10.5 Å². The van der Waals surface area contributed by atoms with E-state index in [1.807, 2.05) is 12.1 Å². The molecule has 0 radical (unpaired) electrons. The van der Waals surface area contributed by atoms with Crippen molar-refractivity contribution in [2.45, 2.75) is 19.8 Å². The van der Waals surface area contributed by atoms with E-state index in [1.54, 1.807) is 43.3 Å². The number of rotatable bonds is 6. The van der Waals surface area contributed by atoms with Crippen molar-refractivity contribution in [2.24, 2.45) is 5.10 Å². The van der Waals surface area contributed by atoms with Gasteiger partial charge in [0.2, 0.25) is 5.91 Å². The fourth-order valence-corrected chi connectivity index (χ4v) is 2.87. The summed E-state index contributed by atoms with van der Waals surface area (Å²) in [5, 5.41) is 4.06. The normalized spacial score (nSPS) is 13.7. The Labute approximate surface area is 156 Å². The van der Waals surface area contributed by atoms with Crippen LogP contribution in [0.15, 0.2) is 53.6 Å². The van der Waals surface area contributed by atoms with Gasteiger partial charge in [0, 0.05) is 18.7 Å². The van der Waals surface area contributed by atoms with Crippen LogP contribution >= 0.6 is 0 Å². The molecule has 2 aromatic carbocycles. The average molecular weight is 364 g/mol. The van der Waals surface area contributed by atoms with Gasteiger partial charge in [0.1, 0.15) is 0 Å². The van der Waals surface area contributed by atoms with Gasteiger partial charge in [-0.2, -0.15) is 5.10 Å². The van der Waals surface area contributed by atoms with E-state index in [4.69, 9.17) is 5.73 Å². The number of nitrogen functional groups attached to an aromatic ring is 1. The zero-order chi connectivity index (χ0) is 19.4. The quantitative estimate of drug-likeness (QED) is 0.355. The number of nitrogens with two attached hydrogens (primary N) is 1. The molecule has 0 fully saturated rings. The molecule has 0 saturated carbocycles. The molecule has 0 aliphatic carbocycles. The lowest BCUT2D eigenvalue weighted by Crippen LogP contribution is -2.31. The topological polar surface area (TPSA) is 105 Å². The Kier molecular flexibility index (Phi) is 5.30. The summed E-state index contributed by atoms with van der Waals surface area (Å²) in [5.41, 5.74) is 11.1. The molecular weight excluding hydrogens is 344 g/mol. The number of carbonyl (C=O) groups excluding carboxylic acids is 3. The van der Waals surface area contributed by atoms with Gasteiger partial charge < -0.3 is 5.73 Å². The van der Waals surface area contributed by atoms with Crippen LogP contribution in [-0.4, -0.2) is 34.9 Å². The highest BCUT2D eigenvalue weighted by molar-refractivity contribution is 6.21. The monoisotopic (exact) mass is 364 g/mol. The molecule has 0 saturated heterocycles. The van der Waals surface area contributed by atoms with Crippen LogP contribution in [-0.2, 0) is 4.79 Å². The summed E-state index contributed by atoms with van der Waals surface area (Å²) in [6, 6.07) is 13.9. The van der Waals surface area contributed by atoms with Gasteiger partial charge in [-0.25, -0.2) is 5.43 Å². The molecule has 3 amide bonds. The van der Waals surface area contributed by atoms with Gasteiger partial charge in [-0.05, 0) is 43.2 Å². The second kappa shape index (κ2) is 7.82. The third-order valence-corrected chi connectivity index (χ3v) is 4.32. The fourth-order valence-electron chi connectivity index (χ4n) is 2.87. The second-order valence-electron chi connectivity index (χ2n) is 6.27. The maximum atomic E-state index is 12.3. The van der Waals surface area contributed by atoms with Crippen molar-refractivity contribution in [2.75, 3.05) is 12.3 Å². The number of nitrogens with zero attached hydrogens (tertiary/aromatic N) is 2. The first-order valence-electron chi connectivity index (χ1n) is 8.61. The Balaban J connectivity index is 1.50. The van der Waals surface area contributed by atoms with Crippen molar-refractivity contribution in [1.82, 2.24) is 10.3 Å². The number of nitrogens with one attached hydrogen (secondary N) is 1. The third-order valence-electron chi connectivity index (χ3n) is 4.32. The Bertz CT molecular complexity index is 901. The van der Waals surface area contributed by atoms with Gasteiger partial charge in [0.05, 0.1) is 16.8 Å². The minimum absolute atomic E-state index is 0.154. The molecular formula is C20H20N4O3. The number of amides is 3. The summed E-state index contributed by atoms with van der Waals surface area (Å²) in [7, 11) is 0. The molecule has 138 valence electrons. The van der Waals surface area contributed by atoms with E-state index in [-0.39, 0.29) is 30.7 Å². The Morgan fingerprint density at radius 2 is 1.74 bits per heavy atom. The predicted molar refractivity (Wildman–Crippen MR) is 102 cm³/mol. The Morgan fingerprint density at radius 1 is 1.07 bits per heavy atom. The van der Waals surface area contributed by atoms with Gasteiger partial charge in [-0.3, -0.25) is 19.3 Å². The molecule has 0 aromatic heterocycles. The maximum absolute atomic E-state index is 12.3. The summed E-state index contributed by atoms with van der Waals surface area (Å²) in [6.07, 6.45) is 0.519. The zero-order valence-corrected chi connectivity index (χ0v) is 14.9. The number of fused-ring (bicyclic) bond motifs is 1. The van der Waals surface area contributed by atoms with Gasteiger partial charge in [0.25, 0.3) is 11.8 Å². The highest BCUT2D eigenvalue weighted by Crippen LogP contribution is 2.22. The largest absolute Gasteiger partial charge is 0.399 e. The zero-order valence-electron chi connectivity index (χ0n) is 14.9. The fraction of sp³-hybridized carbons (Fsp3) is 0.200. The molecule has 1 heterocycles. The first kappa shape index (κ1) is 18.3. The maximum Gasteiger partial charge on any atom is 0.261 e. The van der Waals surface area contributed by atoms with E-state index >= 15 is 0 Å². The number of imide groups is 1. The van der Waals surface area contributed by atoms with Crippen LogP contribution in [0.2, 0.25) is 0 Å². The molecule has 7 nitrogen and oxygen atoms in total. The van der Waals surface area contributed by atoms with Crippen LogP contribution in [0.5, 0.6) is 0 Å². The molecule has 1 aliphatic heterocycles. The first-order chi connectivity index (χ1) is 13.0. The van der Waals surface area contributed by atoms with Crippen LogP contribution in [0, 0.1) is 0 Å². The van der Waals surface area contributed by atoms with E-state index < -0.39 is 0 Å². The summed E-state index contributed by atoms with van der Waals surface area (Å²) in [6.45, 7) is 1.96. The van der Waals surface area contributed by atoms with E-state index in [0.29, 0.717) is 28.9 Å². The number of benzene rings is 2. The molecule has 0 unspecified atom stereocenters. The van der Waals surface area contributed by atoms with Crippen LogP contribution < -0.4 is 11.2 Å². The molecule has 27 heavy (non-hydrogen) atoms. The molecule has 7 heteroatoms. The molecule has 0 atom stereocenters. The number of anilines is 1. The summed E-state index contributed by atoms with van der Waals surface area (Å²) in [5.74, 6) is -0.909. The number of carbonyl (C=O) groups is 3. The molecule has 3 rings (SSSR count).